The standard InChI is InChI=1S/C11H22N2O2/c1-13(10-8-12-9-10)5-7-15-11-4-2-3-6-14-11/h10-12H,2-9H2,1H3. The maximum Gasteiger partial charge on any atom is 0.157 e. The minimum absolute atomic E-state index is 0.0617. The summed E-state index contributed by atoms with van der Waals surface area (Å²) in [6.07, 6.45) is 3.56. The van der Waals surface area contributed by atoms with Gasteiger partial charge in [0.2, 0.25) is 0 Å². The summed E-state index contributed by atoms with van der Waals surface area (Å²) in [4.78, 5) is 2.36. The molecule has 4 nitrogen and oxygen atoms in total. The molecule has 0 aromatic heterocycles. The van der Waals surface area contributed by atoms with Gasteiger partial charge in [0.1, 0.15) is 0 Å². The first kappa shape index (κ1) is 11.3. The fraction of sp³-hybridized carbons (Fsp3) is 1.00. The molecule has 2 aliphatic heterocycles. The summed E-state index contributed by atoms with van der Waals surface area (Å²) in [6.45, 7) is 4.91. The average Bonchev–Trinajstić information content (AvgIpc) is 2.16. The average molecular weight is 214 g/mol. The van der Waals surface area contributed by atoms with Gasteiger partial charge in [0.15, 0.2) is 6.29 Å². The Labute approximate surface area is 91.9 Å². The maximum absolute atomic E-state index is 5.69. The van der Waals surface area contributed by atoms with Crippen molar-refractivity contribution in [2.45, 2.75) is 31.6 Å². The van der Waals surface area contributed by atoms with Crippen LogP contribution in [0.1, 0.15) is 19.3 Å². The zero-order chi connectivity index (χ0) is 10.5. The lowest BCUT2D eigenvalue weighted by atomic mass is 10.1. The molecule has 1 atom stereocenters. The first-order valence-corrected chi connectivity index (χ1v) is 6.00. The van der Waals surface area contributed by atoms with Gasteiger partial charge >= 0.3 is 0 Å². The van der Waals surface area contributed by atoms with E-state index in [2.05, 4.69) is 17.3 Å². The third-order valence-electron chi connectivity index (χ3n) is 3.27. The summed E-state index contributed by atoms with van der Waals surface area (Å²) < 4.78 is 11.2. The van der Waals surface area contributed by atoms with E-state index in [0.29, 0.717) is 6.04 Å². The molecular weight excluding hydrogens is 192 g/mol. The monoisotopic (exact) mass is 214 g/mol. The minimum atomic E-state index is 0.0617. The molecule has 88 valence electrons. The van der Waals surface area contributed by atoms with E-state index in [1.54, 1.807) is 0 Å². The van der Waals surface area contributed by atoms with Crippen molar-refractivity contribution in [2.24, 2.45) is 0 Å². The third kappa shape index (κ3) is 3.41. The highest BCUT2D eigenvalue weighted by Gasteiger charge is 2.21. The molecule has 2 rings (SSSR count). The van der Waals surface area contributed by atoms with Gasteiger partial charge in [-0.25, -0.2) is 0 Å². The molecule has 0 radical (unpaired) electrons. The molecule has 1 N–H and O–H groups in total. The number of nitrogens with one attached hydrogen (secondary N) is 1. The van der Waals surface area contributed by atoms with E-state index in [1.165, 1.54) is 12.8 Å². The van der Waals surface area contributed by atoms with Gasteiger partial charge < -0.3 is 14.8 Å². The zero-order valence-electron chi connectivity index (χ0n) is 9.58. The van der Waals surface area contributed by atoms with E-state index in [-0.39, 0.29) is 6.29 Å². The molecule has 2 saturated heterocycles. The SMILES string of the molecule is CN(CCOC1CCCCO1)C1CNC1. The number of hydrogen-bond acceptors (Lipinski definition) is 4. The fourth-order valence-corrected chi connectivity index (χ4v) is 1.94. The molecule has 0 spiro atoms. The molecule has 2 fully saturated rings. The van der Waals surface area contributed by atoms with Gasteiger partial charge in [-0.2, -0.15) is 0 Å². The summed E-state index contributed by atoms with van der Waals surface area (Å²) in [7, 11) is 2.16. The summed E-state index contributed by atoms with van der Waals surface area (Å²) in [6, 6.07) is 0.709. The van der Waals surface area contributed by atoms with Crippen molar-refractivity contribution < 1.29 is 9.47 Å². The Hall–Kier alpha value is -0.160. The van der Waals surface area contributed by atoms with Crippen LogP contribution >= 0.6 is 0 Å². The third-order valence-corrected chi connectivity index (χ3v) is 3.27. The minimum Gasteiger partial charge on any atom is -0.353 e. The highest BCUT2D eigenvalue weighted by atomic mass is 16.7. The van der Waals surface area contributed by atoms with Crippen LogP contribution in [0.15, 0.2) is 0 Å². The fourth-order valence-electron chi connectivity index (χ4n) is 1.94. The summed E-state index contributed by atoms with van der Waals surface area (Å²) in [5.74, 6) is 0. The molecule has 2 heterocycles. The van der Waals surface area contributed by atoms with Crippen LogP contribution < -0.4 is 5.32 Å². The molecule has 4 heteroatoms. The van der Waals surface area contributed by atoms with Crippen LogP contribution in [-0.2, 0) is 9.47 Å². The molecule has 1 unspecified atom stereocenters. The normalized spacial score (nSPS) is 28.0. The quantitative estimate of drug-likeness (QED) is 0.720. The van der Waals surface area contributed by atoms with Crippen LogP contribution in [0.4, 0.5) is 0 Å². The largest absolute Gasteiger partial charge is 0.353 e. The van der Waals surface area contributed by atoms with E-state index in [4.69, 9.17) is 9.47 Å². The molecule has 2 aliphatic rings. The van der Waals surface area contributed by atoms with Crippen molar-refractivity contribution in [3.8, 4) is 0 Å². The smallest absolute Gasteiger partial charge is 0.157 e. The summed E-state index contributed by atoms with van der Waals surface area (Å²) in [5.41, 5.74) is 0. The van der Waals surface area contributed by atoms with Crippen molar-refractivity contribution in [2.75, 3.05) is 39.9 Å². The second-order valence-electron chi connectivity index (χ2n) is 4.46. The van der Waals surface area contributed by atoms with Crippen LogP contribution in [0, 0.1) is 0 Å². The van der Waals surface area contributed by atoms with E-state index in [1.807, 2.05) is 0 Å². The van der Waals surface area contributed by atoms with E-state index in [9.17, 15) is 0 Å². The first-order valence-electron chi connectivity index (χ1n) is 6.00. The van der Waals surface area contributed by atoms with Crippen LogP contribution in [0.25, 0.3) is 0 Å². The molecule has 0 aromatic carbocycles. The van der Waals surface area contributed by atoms with Gasteiger partial charge in [-0.3, -0.25) is 4.90 Å². The van der Waals surface area contributed by atoms with Crippen LogP contribution in [0.2, 0.25) is 0 Å². The van der Waals surface area contributed by atoms with Crippen molar-refractivity contribution in [1.82, 2.24) is 10.2 Å². The highest BCUT2D eigenvalue weighted by Crippen LogP contribution is 2.13. The topological polar surface area (TPSA) is 33.7 Å². The molecular formula is C11H22N2O2. The van der Waals surface area contributed by atoms with Gasteiger partial charge in [-0.1, -0.05) is 0 Å². The Kier molecular flexibility index (Phi) is 4.38. The van der Waals surface area contributed by atoms with Crippen molar-refractivity contribution in [3.05, 3.63) is 0 Å². The number of rotatable bonds is 5. The van der Waals surface area contributed by atoms with Crippen molar-refractivity contribution >= 4 is 0 Å². The molecule has 0 saturated carbocycles. The number of hydrogen-bond donors (Lipinski definition) is 1. The maximum atomic E-state index is 5.69. The number of nitrogens with zero attached hydrogens (tertiary/aromatic N) is 1. The van der Waals surface area contributed by atoms with Crippen LogP contribution in [0.5, 0.6) is 0 Å². The van der Waals surface area contributed by atoms with Gasteiger partial charge in [-0.05, 0) is 26.3 Å². The van der Waals surface area contributed by atoms with Gasteiger partial charge in [0.05, 0.1) is 6.61 Å². The first-order chi connectivity index (χ1) is 7.36. The molecule has 0 aliphatic carbocycles. The second kappa shape index (κ2) is 5.80. The van der Waals surface area contributed by atoms with Crippen molar-refractivity contribution in [3.63, 3.8) is 0 Å². The summed E-state index contributed by atoms with van der Waals surface area (Å²) >= 11 is 0. The Bertz CT molecular complexity index is 177. The summed E-state index contributed by atoms with van der Waals surface area (Å²) in [5, 5.41) is 3.27. The van der Waals surface area contributed by atoms with E-state index < -0.39 is 0 Å². The Balaban J connectivity index is 1.53. The number of likely N-dealkylation sites (N-methyl/N-ethyl adjacent to an activating group) is 1. The van der Waals surface area contributed by atoms with Crippen LogP contribution in [0.3, 0.4) is 0 Å². The van der Waals surface area contributed by atoms with Crippen molar-refractivity contribution in [1.29, 1.82) is 0 Å². The second-order valence-corrected chi connectivity index (χ2v) is 4.46. The Morgan fingerprint density at radius 1 is 1.40 bits per heavy atom. The van der Waals surface area contributed by atoms with Gasteiger partial charge in [0.25, 0.3) is 0 Å². The van der Waals surface area contributed by atoms with Gasteiger partial charge in [0, 0.05) is 32.3 Å². The van der Waals surface area contributed by atoms with Gasteiger partial charge in [-0.15, -0.1) is 0 Å². The molecule has 0 amide bonds. The lowest BCUT2D eigenvalue weighted by Crippen LogP contribution is -2.56. The van der Waals surface area contributed by atoms with E-state index in [0.717, 1.165) is 39.3 Å². The van der Waals surface area contributed by atoms with E-state index >= 15 is 0 Å². The Morgan fingerprint density at radius 3 is 2.87 bits per heavy atom. The molecule has 0 bridgehead atoms. The van der Waals surface area contributed by atoms with Crippen LogP contribution in [-0.4, -0.2) is 57.1 Å². The Morgan fingerprint density at radius 2 is 2.27 bits per heavy atom. The highest BCUT2D eigenvalue weighted by molar-refractivity contribution is 4.82. The lowest BCUT2D eigenvalue weighted by Gasteiger charge is -2.35. The predicted molar refractivity (Wildman–Crippen MR) is 58.8 cm³/mol. The predicted octanol–water partition coefficient (Wildman–Crippen LogP) is 0.433. The lowest BCUT2D eigenvalue weighted by molar-refractivity contribution is -0.164. The molecule has 15 heavy (non-hydrogen) atoms. The molecule has 0 aromatic rings. The number of ether oxygens (including phenoxy) is 2. The zero-order valence-corrected chi connectivity index (χ0v) is 9.58.